The summed E-state index contributed by atoms with van der Waals surface area (Å²) in [4.78, 5) is 0. The number of hydrogen-bond donors (Lipinski definition) is 0. The first-order valence-corrected chi connectivity index (χ1v) is 23.2. The second-order valence-electron chi connectivity index (χ2n) is 15.6. The van der Waals surface area contributed by atoms with Gasteiger partial charge >= 0.3 is 0 Å². The van der Waals surface area contributed by atoms with Gasteiger partial charge in [0, 0.05) is 52.9 Å². The Morgan fingerprint density at radius 2 is 1.05 bits per heavy atom. The topological polar surface area (TPSA) is 9.86 Å². The van der Waals surface area contributed by atoms with Crippen LogP contribution in [0.2, 0.25) is 0 Å². The first kappa shape index (κ1) is 34.1. The maximum atomic E-state index is 2.53. The van der Waals surface area contributed by atoms with Gasteiger partial charge in [-0.05, 0) is 87.8 Å². The van der Waals surface area contributed by atoms with Gasteiger partial charge < -0.3 is 9.13 Å². The van der Waals surface area contributed by atoms with Crippen molar-refractivity contribution in [2.24, 2.45) is 0 Å². The third kappa shape index (κ3) is 5.17. The van der Waals surface area contributed by atoms with E-state index in [1.54, 1.807) is 0 Å². The predicted octanol–water partition coefficient (Wildman–Crippen LogP) is 9.99. The van der Waals surface area contributed by atoms with E-state index < -0.39 is 8.07 Å². The zero-order valence-corrected chi connectivity index (χ0v) is 34.1. The van der Waals surface area contributed by atoms with Gasteiger partial charge in [-0.1, -0.05) is 158 Å². The van der Waals surface area contributed by atoms with Gasteiger partial charge in [0.05, 0.1) is 21.9 Å². The number of nitrogens with zero attached hydrogens (tertiary/aromatic N) is 2. The van der Waals surface area contributed by atoms with E-state index in [0.29, 0.717) is 0 Å². The molecule has 0 bridgehead atoms. The summed E-state index contributed by atoms with van der Waals surface area (Å²) in [6, 6.07) is 73.0. The van der Waals surface area contributed by atoms with E-state index in [1.807, 2.05) is 11.3 Å². The molecule has 0 N–H and O–H groups in total. The Kier molecular flexibility index (Phi) is 7.84. The molecule has 2 nitrogen and oxygen atoms in total. The second-order valence-corrected chi connectivity index (χ2v) is 20.5. The second kappa shape index (κ2) is 13.6. The molecule has 0 atom stereocenters. The normalized spacial score (nSPS) is 12.9. The maximum absolute atomic E-state index is 2.97. The fourth-order valence-corrected chi connectivity index (χ4v) is 15.9. The van der Waals surface area contributed by atoms with Crippen LogP contribution in [0.1, 0.15) is 6.42 Å². The lowest BCUT2D eigenvalue weighted by Crippen LogP contribution is -2.74. The van der Waals surface area contributed by atoms with Crippen molar-refractivity contribution in [1.29, 1.82) is 0 Å². The summed E-state index contributed by atoms with van der Waals surface area (Å²) in [6.07, 6.45) is 10.0. The molecule has 1 aliphatic rings. The summed E-state index contributed by atoms with van der Waals surface area (Å²) in [6.45, 7) is 0. The van der Waals surface area contributed by atoms with Gasteiger partial charge in [0.1, 0.15) is 0 Å². The number of thiophene rings is 1. The van der Waals surface area contributed by atoms with Gasteiger partial charge in [0.2, 0.25) is 0 Å². The standard InChI is InChI=1S/C55H38N2SSi/c1-5-18-38(19-6-1)56-50-29-12-4-11-26-44(50)46-33-32-43(35-52(46)56)59(40-21-7-2-8-22-40,41-23-9-3-10-24-41)42-25-17-20-39(34-42)57-51-30-15-13-27-45(51)48-37-55-49(36-53(48)57)47-28-14-16-31-54(47)58-55/h1-10,12-37H,11H2. The molecule has 8 aromatic carbocycles. The molecule has 0 spiro atoms. The molecule has 0 radical (unpaired) electrons. The Hall–Kier alpha value is -6.98. The maximum Gasteiger partial charge on any atom is 0.179 e. The number of fused-ring (bicyclic) bond motifs is 9. The third-order valence-electron chi connectivity index (χ3n) is 12.5. The first-order chi connectivity index (χ1) is 29.3. The minimum atomic E-state index is -2.97. The van der Waals surface area contributed by atoms with Crippen molar-refractivity contribution < 1.29 is 0 Å². The highest BCUT2D eigenvalue weighted by Gasteiger charge is 2.42. The minimum absolute atomic E-state index is 0.912. The van der Waals surface area contributed by atoms with Gasteiger partial charge in [0.15, 0.2) is 8.07 Å². The van der Waals surface area contributed by atoms with Gasteiger partial charge in [-0.2, -0.15) is 0 Å². The summed E-state index contributed by atoms with van der Waals surface area (Å²) in [5, 5.41) is 14.4. The van der Waals surface area contributed by atoms with Gasteiger partial charge in [-0.25, -0.2) is 0 Å². The number of rotatable bonds is 6. The van der Waals surface area contributed by atoms with Crippen molar-refractivity contribution in [3.63, 3.8) is 0 Å². The molecule has 59 heavy (non-hydrogen) atoms. The van der Waals surface area contributed by atoms with E-state index in [4.69, 9.17) is 0 Å². The summed E-state index contributed by atoms with van der Waals surface area (Å²) in [7, 11) is -2.97. The fourth-order valence-electron chi connectivity index (χ4n) is 9.94. The lowest BCUT2D eigenvalue weighted by Gasteiger charge is -2.35. The van der Waals surface area contributed by atoms with Gasteiger partial charge in [-0.3, -0.25) is 0 Å². The van der Waals surface area contributed by atoms with Crippen LogP contribution >= 0.6 is 11.3 Å². The molecule has 11 aromatic rings. The zero-order chi connectivity index (χ0) is 38.9. The highest BCUT2D eigenvalue weighted by atomic mass is 32.1. The Morgan fingerprint density at radius 3 is 1.85 bits per heavy atom. The molecular formula is C55H38N2SSi. The van der Waals surface area contributed by atoms with Crippen molar-refractivity contribution in [2.75, 3.05) is 0 Å². The largest absolute Gasteiger partial charge is 0.309 e. The molecule has 0 saturated heterocycles. The molecule has 3 aromatic heterocycles. The van der Waals surface area contributed by atoms with Crippen molar-refractivity contribution >= 4 is 105 Å². The molecule has 0 saturated carbocycles. The van der Waals surface area contributed by atoms with E-state index >= 15 is 0 Å². The molecular weight excluding hydrogens is 749 g/mol. The SMILES string of the molecule is C1=CCC=c2c(n(-c3ccccc3)c3cc([Si](c4ccccc4)(c4ccccc4)c4cccc(-n5c6ccccc6c6cc7sc8ccccc8c7cc65)c4)ccc23)=C1. The molecule has 3 heterocycles. The number of para-hydroxylation sites is 2. The van der Waals surface area contributed by atoms with E-state index in [2.05, 4.69) is 228 Å². The van der Waals surface area contributed by atoms with E-state index in [1.165, 1.54) is 95.6 Å². The van der Waals surface area contributed by atoms with E-state index in [-0.39, 0.29) is 0 Å². The highest BCUT2D eigenvalue weighted by Crippen LogP contribution is 2.40. The van der Waals surface area contributed by atoms with Crippen molar-refractivity contribution in [3.8, 4) is 11.4 Å². The summed E-state index contributed by atoms with van der Waals surface area (Å²) < 4.78 is 7.64. The Morgan fingerprint density at radius 1 is 0.407 bits per heavy atom. The molecule has 12 rings (SSSR count). The van der Waals surface area contributed by atoms with Crippen LogP contribution in [0.5, 0.6) is 0 Å². The first-order valence-electron chi connectivity index (χ1n) is 20.4. The number of allylic oxidation sites excluding steroid dienone is 2. The Balaban J connectivity index is 1.18. The molecule has 1 aliphatic carbocycles. The predicted molar refractivity (Wildman–Crippen MR) is 256 cm³/mol. The average Bonchev–Trinajstić information content (AvgIpc) is 3.85. The smallest absolute Gasteiger partial charge is 0.179 e. The number of hydrogen-bond acceptors (Lipinski definition) is 1. The van der Waals surface area contributed by atoms with Crippen LogP contribution in [0.4, 0.5) is 0 Å². The molecule has 4 heteroatoms. The van der Waals surface area contributed by atoms with Crippen molar-refractivity contribution in [1.82, 2.24) is 9.13 Å². The third-order valence-corrected chi connectivity index (χ3v) is 18.3. The highest BCUT2D eigenvalue weighted by molar-refractivity contribution is 7.26. The number of benzene rings is 8. The Labute approximate surface area is 347 Å². The lowest BCUT2D eigenvalue weighted by molar-refractivity contribution is 1.07. The minimum Gasteiger partial charge on any atom is -0.309 e. The summed E-state index contributed by atoms with van der Waals surface area (Å²) in [5.41, 5.74) is 6.03. The molecule has 0 amide bonds. The van der Waals surface area contributed by atoms with Crippen LogP contribution in [0.3, 0.4) is 0 Å². The summed E-state index contributed by atoms with van der Waals surface area (Å²) in [5.74, 6) is 0. The molecule has 278 valence electrons. The van der Waals surface area contributed by atoms with Crippen LogP contribution in [0.25, 0.3) is 76.4 Å². The molecule has 0 fully saturated rings. The van der Waals surface area contributed by atoms with Crippen LogP contribution in [0.15, 0.2) is 206 Å². The van der Waals surface area contributed by atoms with Crippen LogP contribution in [-0.4, -0.2) is 17.2 Å². The summed E-state index contributed by atoms with van der Waals surface area (Å²) >= 11 is 1.89. The van der Waals surface area contributed by atoms with Crippen molar-refractivity contribution in [2.45, 2.75) is 6.42 Å². The lowest BCUT2D eigenvalue weighted by atomic mass is 10.1. The van der Waals surface area contributed by atoms with Crippen LogP contribution in [-0.2, 0) is 0 Å². The zero-order valence-electron chi connectivity index (χ0n) is 32.3. The van der Waals surface area contributed by atoms with E-state index in [0.717, 1.165) is 6.42 Å². The average molecular weight is 787 g/mol. The van der Waals surface area contributed by atoms with E-state index in [9.17, 15) is 0 Å². The monoisotopic (exact) mass is 786 g/mol. The van der Waals surface area contributed by atoms with Gasteiger partial charge in [0.25, 0.3) is 0 Å². The van der Waals surface area contributed by atoms with Crippen molar-refractivity contribution in [3.05, 3.63) is 217 Å². The van der Waals surface area contributed by atoms with Gasteiger partial charge in [-0.15, -0.1) is 11.3 Å². The molecule has 0 unspecified atom stereocenters. The van der Waals surface area contributed by atoms with Crippen LogP contribution < -0.4 is 31.3 Å². The number of aromatic nitrogens is 2. The fraction of sp³-hybridized carbons (Fsp3) is 0.0182. The Bertz CT molecular complexity index is 3540. The molecule has 0 aliphatic heterocycles. The quantitative estimate of drug-likeness (QED) is 0.117. The van der Waals surface area contributed by atoms with Crippen LogP contribution in [0, 0.1) is 0 Å².